The molecule has 0 aliphatic rings. The maximum absolute atomic E-state index is 13.1. The first-order chi connectivity index (χ1) is 12.8. The summed E-state index contributed by atoms with van der Waals surface area (Å²) >= 11 is 0. The summed E-state index contributed by atoms with van der Waals surface area (Å²) in [6.45, 7) is 0.166. The smallest absolute Gasteiger partial charge is 0.304 e. The van der Waals surface area contributed by atoms with Crippen molar-refractivity contribution >= 4 is 16.2 Å². The van der Waals surface area contributed by atoms with E-state index < -0.39 is 16.2 Å². The minimum absolute atomic E-state index is 0.0594. The summed E-state index contributed by atoms with van der Waals surface area (Å²) in [7, 11) is -2.45. The van der Waals surface area contributed by atoms with E-state index in [9.17, 15) is 17.6 Å². The van der Waals surface area contributed by atoms with Gasteiger partial charge in [-0.1, -0.05) is 24.3 Å². The third kappa shape index (κ3) is 6.97. The van der Waals surface area contributed by atoms with E-state index >= 15 is 0 Å². The molecule has 0 atom stereocenters. The molecule has 2 rings (SSSR count). The molecule has 0 spiro atoms. The van der Waals surface area contributed by atoms with Gasteiger partial charge in [0.2, 0.25) is 0 Å². The molecule has 0 aliphatic carbocycles. The number of rotatable bonds is 10. The monoisotopic (exact) mass is 396 g/mol. The van der Waals surface area contributed by atoms with E-state index in [1.54, 1.807) is 36.4 Å². The van der Waals surface area contributed by atoms with E-state index in [4.69, 9.17) is 9.84 Å². The van der Waals surface area contributed by atoms with Crippen LogP contribution in [0.1, 0.15) is 17.5 Å². The van der Waals surface area contributed by atoms with Crippen LogP contribution in [0.2, 0.25) is 0 Å². The van der Waals surface area contributed by atoms with Gasteiger partial charge in [0.15, 0.2) is 0 Å². The number of carboxylic acid groups (broad SMARTS) is 1. The quantitative estimate of drug-likeness (QED) is 0.642. The first kappa shape index (κ1) is 20.8. The van der Waals surface area contributed by atoms with Gasteiger partial charge in [0.05, 0.1) is 6.42 Å². The van der Waals surface area contributed by atoms with E-state index in [1.165, 1.54) is 19.2 Å². The van der Waals surface area contributed by atoms with Crippen LogP contribution >= 0.6 is 0 Å². The Kier molecular flexibility index (Phi) is 7.28. The third-order valence-corrected chi connectivity index (χ3v) is 5.24. The molecule has 2 aromatic rings. The molecule has 146 valence electrons. The van der Waals surface area contributed by atoms with Gasteiger partial charge in [-0.15, -0.1) is 0 Å². The van der Waals surface area contributed by atoms with Gasteiger partial charge in [-0.3, -0.25) is 4.79 Å². The van der Waals surface area contributed by atoms with Crippen LogP contribution in [0, 0.1) is 5.82 Å². The van der Waals surface area contributed by atoms with Crippen LogP contribution in [-0.4, -0.2) is 37.4 Å². The van der Waals surface area contributed by atoms with Gasteiger partial charge >= 0.3 is 5.97 Å². The summed E-state index contributed by atoms with van der Waals surface area (Å²) in [5.74, 6) is -0.817. The molecule has 0 amide bonds. The molecule has 0 aliphatic heterocycles. The van der Waals surface area contributed by atoms with Crippen molar-refractivity contribution in [2.45, 2.75) is 19.6 Å². The van der Waals surface area contributed by atoms with E-state index in [2.05, 4.69) is 4.72 Å². The molecule has 0 aromatic heterocycles. The van der Waals surface area contributed by atoms with E-state index in [0.717, 1.165) is 4.31 Å². The molecular weight excluding hydrogens is 375 g/mol. The summed E-state index contributed by atoms with van der Waals surface area (Å²) in [6, 6.07) is 12.9. The van der Waals surface area contributed by atoms with Crippen LogP contribution in [0.3, 0.4) is 0 Å². The molecule has 0 saturated heterocycles. The number of nitrogens with one attached hydrogen (secondary N) is 1. The predicted molar refractivity (Wildman–Crippen MR) is 97.8 cm³/mol. The second-order valence-electron chi connectivity index (χ2n) is 5.85. The summed E-state index contributed by atoms with van der Waals surface area (Å²) in [5, 5.41) is 8.62. The standard InChI is InChI=1S/C18H21FN2O5S/c1-21(10-9-18(22)23)27(24,25)20-12-14-5-7-17(8-6-14)26-13-15-3-2-4-16(19)11-15/h2-8,11,20H,9-10,12-13H2,1H3,(H,22,23). The highest BCUT2D eigenvalue weighted by atomic mass is 32.2. The summed E-state index contributed by atoms with van der Waals surface area (Å²) in [5.41, 5.74) is 1.42. The Morgan fingerprint density at radius 3 is 2.52 bits per heavy atom. The van der Waals surface area contributed by atoms with E-state index in [-0.39, 0.29) is 31.9 Å². The summed E-state index contributed by atoms with van der Waals surface area (Å²) in [4.78, 5) is 10.5. The molecule has 27 heavy (non-hydrogen) atoms. The van der Waals surface area contributed by atoms with Crippen molar-refractivity contribution in [3.8, 4) is 5.75 Å². The van der Waals surface area contributed by atoms with Crippen molar-refractivity contribution in [1.82, 2.24) is 9.03 Å². The van der Waals surface area contributed by atoms with Gasteiger partial charge in [-0.05, 0) is 35.4 Å². The van der Waals surface area contributed by atoms with Gasteiger partial charge in [0.1, 0.15) is 18.2 Å². The third-order valence-electron chi connectivity index (χ3n) is 3.73. The number of carbonyl (C=O) groups is 1. The number of hydrogen-bond donors (Lipinski definition) is 2. The van der Waals surface area contributed by atoms with E-state index in [1.807, 2.05) is 0 Å². The molecule has 0 unspecified atom stereocenters. The fraction of sp³-hybridized carbons (Fsp3) is 0.278. The van der Waals surface area contributed by atoms with Crippen LogP contribution in [0.4, 0.5) is 4.39 Å². The lowest BCUT2D eigenvalue weighted by molar-refractivity contribution is -0.137. The molecular formula is C18H21FN2O5S. The van der Waals surface area contributed by atoms with Crippen molar-refractivity contribution in [3.63, 3.8) is 0 Å². The Morgan fingerprint density at radius 1 is 1.19 bits per heavy atom. The number of carboxylic acids is 1. The van der Waals surface area contributed by atoms with Crippen molar-refractivity contribution < 1.29 is 27.4 Å². The zero-order valence-electron chi connectivity index (χ0n) is 14.8. The van der Waals surface area contributed by atoms with Crippen LogP contribution < -0.4 is 9.46 Å². The molecule has 0 heterocycles. The molecule has 9 heteroatoms. The van der Waals surface area contributed by atoms with Crippen molar-refractivity contribution in [1.29, 1.82) is 0 Å². The number of benzene rings is 2. The number of aliphatic carboxylic acids is 1. The fourth-order valence-corrected chi connectivity index (χ4v) is 3.06. The lowest BCUT2D eigenvalue weighted by Gasteiger charge is -2.16. The Balaban J connectivity index is 1.85. The lowest BCUT2D eigenvalue weighted by atomic mass is 10.2. The molecule has 0 fully saturated rings. The number of nitrogens with zero attached hydrogens (tertiary/aromatic N) is 1. The van der Waals surface area contributed by atoms with Crippen LogP contribution in [-0.2, 0) is 28.2 Å². The predicted octanol–water partition coefficient (Wildman–Crippen LogP) is 2.15. The Morgan fingerprint density at radius 2 is 1.89 bits per heavy atom. The average Bonchev–Trinajstić information content (AvgIpc) is 2.63. The maximum Gasteiger partial charge on any atom is 0.304 e. The Labute approximate surface area is 157 Å². The summed E-state index contributed by atoms with van der Waals surface area (Å²) < 4.78 is 46.1. The molecule has 0 bridgehead atoms. The fourth-order valence-electron chi connectivity index (χ4n) is 2.15. The largest absolute Gasteiger partial charge is 0.489 e. The lowest BCUT2D eigenvalue weighted by Crippen LogP contribution is -2.38. The van der Waals surface area contributed by atoms with Crippen LogP contribution in [0.5, 0.6) is 5.75 Å². The molecule has 2 N–H and O–H groups in total. The van der Waals surface area contributed by atoms with Crippen LogP contribution in [0.25, 0.3) is 0 Å². The average molecular weight is 396 g/mol. The molecule has 0 saturated carbocycles. The first-order valence-electron chi connectivity index (χ1n) is 8.15. The first-order valence-corrected chi connectivity index (χ1v) is 9.59. The molecule has 7 nitrogen and oxygen atoms in total. The number of hydrogen-bond acceptors (Lipinski definition) is 4. The van der Waals surface area contributed by atoms with Crippen molar-refractivity contribution in [2.24, 2.45) is 0 Å². The van der Waals surface area contributed by atoms with Crippen LogP contribution in [0.15, 0.2) is 48.5 Å². The minimum Gasteiger partial charge on any atom is -0.489 e. The zero-order chi connectivity index (χ0) is 19.9. The zero-order valence-corrected chi connectivity index (χ0v) is 15.6. The van der Waals surface area contributed by atoms with Gasteiger partial charge in [0, 0.05) is 20.1 Å². The Bertz CT molecular complexity index is 872. The van der Waals surface area contributed by atoms with Crippen molar-refractivity contribution in [2.75, 3.05) is 13.6 Å². The van der Waals surface area contributed by atoms with Gasteiger partial charge < -0.3 is 9.84 Å². The SMILES string of the molecule is CN(CCC(=O)O)S(=O)(=O)NCc1ccc(OCc2cccc(F)c2)cc1. The second kappa shape index (κ2) is 9.45. The Hall–Kier alpha value is -2.49. The molecule has 2 aromatic carbocycles. The highest BCUT2D eigenvalue weighted by Gasteiger charge is 2.17. The topological polar surface area (TPSA) is 95.9 Å². The van der Waals surface area contributed by atoms with E-state index in [0.29, 0.717) is 16.9 Å². The summed E-state index contributed by atoms with van der Waals surface area (Å²) in [6.07, 6.45) is -0.269. The molecule has 0 radical (unpaired) electrons. The highest BCUT2D eigenvalue weighted by Crippen LogP contribution is 2.15. The van der Waals surface area contributed by atoms with Crippen molar-refractivity contribution in [3.05, 3.63) is 65.5 Å². The normalized spacial score (nSPS) is 11.5. The van der Waals surface area contributed by atoms with Gasteiger partial charge in [0.25, 0.3) is 10.2 Å². The minimum atomic E-state index is -3.76. The van der Waals surface area contributed by atoms with Gasteiger partial charge in [-0.2, -0.15) is 17.4 Å². The number of halogens is 1. The maximum atomic E-state index is 13.1. The second-order valence-corrected chi connectivity index (χ2v) is 7.72. The van der Waals surface area contributed by atoms with Gasteiger partial charge in [-0.25, -0.2) is 4.39 Å². The number of ether oxygens (including phenoxy) is 1. The highest BCUT2D eigenvalue weighted by molar-refractivity contribution is 7.87.